The van der Waals surface area contributed by atoms with Crippen molar-refractivity contribution in [1.29, 1.82) is 0 Å². The molecule has 2 unspecified atom stereocenters. The van der Waals surface area contributed by atoms with Crippen LogP contribution >= 0.6 is 0 Å². The number of amides is 1. The molecule has 2 N–H and O–H groups in total. The molecule has 0 radical (unpaired) electrons. The quantitative estimate of drug-likeness (QED) is 0.530. The summed E-state index contributed by atoms with van der Waals surface area (Å²) in [5, 5.41) is 6.88. The average molecular weight is 354 g/mol. The highest BCUT2D eigenvalue weighted by Gasteiger charge is 2.19. The molecule has 0 aromatic rings. The highest BCUT2D eigenvalue weighted by atomic mass is 16.5. The SMILES string of the molecule is CC(COC1CCOC1)NC(=NCC(=O)N(C)C)NC1CCCCC1. The fraction of sp³-hybridized carbons (Fsp3) is 0.889. The third kappa shape index (κ3) is 7.61. The molecule has 1 saturated heterocycles. The van der Waals surface area contributed by atoms with Gasteiger partial charge in [0.25, 0.3) is 0 Å². The zero-order chi connectivity index (χ0) is 18.1. The maximum absolute atomic E-state index is 11.8. The fourth-order valence-corrected chi connectivity index (χ4v) is 3.06. The number of carbonyl (C=O) groups is 1. The van der Waals surface area contributed by atoms with E-state index < -0.39 is 0 Å². The molecule has 0 spiro atoms. The van der Waals surface area contributed by atoms with E-state index in [9.17, 15) is 4.79 Å². The number of ether oxygens (including phenoxy) is 2. The van der Waals surface area contributed by atoms with Gasteiger partial charge in [0.1, 0.15) is 6.54 Å². The van der Waals surface area contributed by atoms with Crippen LogP contribution in [0, 0.1) is 0 Å². The van der Waals surface area contributed by atoms with Crippen molar-refractivity contribution in [3.05, 3.63) is 0 Å². The van der Waals surface area contributed by atoms with Crippen molar-refractivity contribution in [3.8, 4) is 0 Å². The maximum atomic E-state index is 11.8. The monoisotopic (exact) mass is 354 g/mol. The van der Waals surface area contributed by atoms with Crippen LogP contribution in [0.4, 0.5) is 0 Å². The van der Waals surface area contributed by atoms with E-state index in [1.807, 2.05) is 0 Å². The van der Waals surface area contributed by atoms with Crippen molar-refractivity contribution in [1.82, 2.24) is 15.5 Å². The fourth-order valence-electron chi connectivity index (χ4n) is 3.06. The predicted octanol–water partition coefficient (Wildman–Crippen LogP) is 1.14. The first-order chi connectivity index (χ1) is 12.0. The molecule has 2 aliphatic rings. The first kappa shape index (κ1) is 20.0. The highest BCUT2D eigenvalue weighted by Crippen LogP contribution is 2.17. The molecule has 1 saturated carbocycles. The van der Waals surface area contributed by atoms with Crippen LogP contribution in [0.2, 0.25) is 0 Å². The molecular formula is C18H34N4O3. The van der Waals surface area contributed by atoms with Crippen molar-refractivity contribution in [3.63, 3.8) is 0 Å². The second-order valence-electron chi connectivity index (χ2n) is 7.30. The summed E-state index contributed by atoms with van der Waals surface area (Å²) >= 11 is 0. The molecular weight excluding hydrogens is 320 g/mol. The van der Waals surface area contributed by atoms with Crippen molar-refractivity contribution >= 4 is 11.9 Å². The van der Waals surface area contributed by atoms with Gasteiger partial charge in [-0.2, -0.15) is 0 Å². The number of nitrogens with one attached hydrogen (secondary N) is 2. The number of nitrogens with zero attached hydrogens (tertiary/aromatic N) is 2. The van der Waals surface area contributed by atoms with Crippen LogP contribution in [0.25, 0.3) is 0 Å². The molecule has 7 heteroatoms. The zero-order valence-electron chi connectivity index (χ0n) is 15.9. The summed E-state index contributed by atoms with van der Waals surface area (Å²) in [4.78, 5) is 17.9. The smallest absolute Gasteiger partial charge is 0.243 e. The van der Waals surface area contributed by atoms with Crippen LogP contribution in [0.3, 0.4) is 0 Å². The zero-order valence-corrected chi connectivity index (χ0v) is 15.9. The minimum atomic E-state index is -0.00301. The molecule has 1 heterocycles. The minimum Gasteiger partial charge on any atom is -0.379 e. The first-order valence-electron chi connectivity index (χ1n) is 9.51. The van der Waals surface area contributed by atoms with Gasteiger partial charge in [-0.3, -0.25) is 4.79 Å². The van der Waals surface area contributed by atoms with Crippen LogP contribution in [0.5, 0.6) is 0 Å². The Hall–Kier alpha value is -1.34. The Kier molecular flexibility index (Phi) is 8.48. The Morgan fingerprint density at radius 3 is 2.68 bits per heavy atom. The molecule has 144 valence electrons. The minimum absolute atomic E-state index is 0.00301. The van der Waals surface area contributed by atoms with Crippen LogP contribution in [-0.2, 0) is 14.3 Å². The van der Waals surface area contributed by atoms with Crippen LogP contribution in [0.15, 0.2) is 4.99 Å². The summed E-state index contributed by atoms with van der Waals surface area (Å²) in [5.41, 5.74) is 0. The Bertz CT molecular complexity index is 430. The van der Waals surface area contributed by atoms with Crippen LogP contribution < -0.4 is 10.6 Å². The lowest BCUT2D eigenvalue weighted by Crippen LogP contribution is -2.49. The van der Waals surface area contributed by atoms with Crippen molar-refractivity contribution in [2.24, 2.45) is 4.99 Å². The highest BCUT2D eigenvalue weighted by molar-refractivity contribution is 5.85. The molecule has 0 aromatic heterocycles. The van der Waals surface area contributed by atoms with Crippen molar-refractivity contribution in [2.75, 3.05) is 40.5 Å². The summed E-state index contributed by atoms with van der Waals surface area (Å²) < 4.78 is 11.2. The topological polar surface area (TPSA) is 75.2 Å². The molecule has 0 bridgehead atoms. The van der Waals surface area contributed by atoms with Crippen molar-refractivity contribution < 1.29 is 14.3 Å². The molecule has 2 fully saturated rings. The average Bonchev–Trinajstić information content (AvgIpc) is 3.12. The van der Waals surface area contributed by atoms with Gasteiger partial charge in [-0.1, -0.05) is 19.3 Å². The van der Waals surface area contributed by atoms with Gasteiger partial charge in [0.15, 0.2) is 5.96 Å². The molecule has 25 heavy (non-hydrogen) atoms. The summed E-state index contributed by atoms with van der Waals surface area (Å²) in [6.07, 6.45) is 7.30. The lowest BCUT2D eigenvalue weighted by molar-refractivity contribution is -0.127. The largest absolute Gasteiger partial charge is 0.379 e. The standard InChI is InChI=1S/C18H34N4O3/c1-14(12-25-16-9-10-24-13-16)20-18(19-11-17(23)22(2)3)21-15-7-5-4-6-8-15/h14-16H,4-13H2,1-3H3,(H2,19,20,21). The van der Waals surface area contributed by atoms with Crippen molar-refractivity contribution in [2.45, 2.75) is 63.6 Å². The van der Waals surface area contributed by atoms with Gasteiger partial charge in [0, 0.05) is 32.8 Å². The van der Waals surface area contributed by atoms with Crippen LogP contribution in [-0.4, -0.2) is 75.4 Å². The summed E-state index contributed by atoms with van der Waals surface area (Å²) in [5.74, 6) is 0.706. The lowest BCUT2D eigenvalue weighted by atomic mass is 9.96. The van der Waals surface area contributed by atoms with Gasteiger partial charge < -0.3 is 25.0 Å². The van der Waals surface area contributed by atoms with E-state index in [-0.39, 0.29) is 24.6 Å². The second-order valence-corrected chi connectivity index (χ2v) is 7.30. The normalized spacial score (nSPS) is 23.3. The van der Waals surface area contributed by atoms with Gasteiger partial charge in [-0.25, -0.2) is 4.99 Å². The first-order valence-corrected chi connectivity index (χ1v) is 9.51. The molecule has 7 nitrogen and oxygen atoms in total. The second kappa shape index (κ2) is 10.6. The number of guanidine groups is 1. The van der Waals surface area contributed by atoms with E-state index in [0.29, 0.717) is 25.2 Å². The summed E-state index contributed by atoms with van der Waals surface area (Å²) in [6.45, 7) is 4.29. The molecule has 0 aromatic carbocycles. The van der Waals surface area contributed by atoms with E-state index in [1.54, 1.807) is 19.0 Å². The number of rotatable bonds is 7. The molecule has 1 aliphatic carbocycles. The van der Waals surface area contributed by atoms with E-state index in [4.69, 9.17) is 9.47 Å². The molecule has 1 amide bonds. The van der Waals surface area contributed by atoms with Gasteiger partial charge in [0.2, 0.25) is 5.91 Å². The predicted molar refractivity (Wildman–Crippen MR) is 98.8 cm³/mol. The lowest BCUT2D eigenvalue weighted by Gasteiger charge is -2.27. The van der Waals surface area contributed by atoms with Gasteiger partial charge in [-0.05, 0) is 26.2 Å². The summed E-state index contributed by atoms with van der Waals surface area (Å²) in [6, 6.07) is 0.552. The number of hydrogen-bond acceptors (Lipinski definition) is 4. The van der Waals surface area contributed by atoms with Gasteiger partial charge in [-0.15, -0.1) is 0 Å². The number of aliphatic imine (C=N–C) groups is 1. The van der Waals surface area contributed by atoms with Gasteiger partial charge in [0.05, 0.1) is 19.3 Å². The van der Waals surface area contributed by atoms with E-state index in [2.05, 4.69) is 22.5 Å². The Balaban J connectivity index is 1.84. The van der Waals surface area contributed by atoms with E-state index >= 15 is 0 Å². The Morgan fingerprint density at radius 2 is 2.04 bits per heavy atom. The Morgan fingerprint density at radius 1 is 1.28 bits per heavy atom. The third-order valence-corrected chi connectivity index (χ3v) is 4.67. The maximum Gasteiger partial charge on any atom is 0.243 e. The molecule has 1 aliphatic heterocycles. The van der Waals surface area contributed by atoms with E-state index in [0.717, 1.165) is 25.9 Å². The Labute approximate surface area is 151 Å². The van der Waals surface area contributed by atoms with Crippen LogP contribution in [0.1, 0.15) is 45.4 Å². The number of likely N-dealkylation sites (N-methyl/N-ethyl adjacent to an activating group) is 1. The van der Waals surface area contributed by atoms with Gasteiger partial charge >= 0.3 is 0 Å². The summed E-state index contributed by atoms with van der Waals surface area (Å²) in [7, 11) is 3.50. The number of carbonyl (C=O) groups excluding carboxylic acids is 1. The number of hydrogen-bond donors (Lipinski definition) is 2. The molecule has 2 atom stereocenters. The molecule has 2 rings (SSSR count). The third-order valence-electron chi connectivity index (χ3n) is 4.67. The van der Waals surface area contributed by atoms with E-state index in [1.165, 1.54) is 19.3 Å².